The van der Waals surface area contributed by atoms with Crippen LogP contribution in [0, 0.1) is 0 Å². The van der Waals surface area contributed by atoms with E-state index in [0.29, 0.717) is 13.1 Å². The fraction of sp³-hybridized carbons (Fsp3) is 0.417. The Kier molecular flexibility index (Phi) is 9.50. The minimum atomic E-state index is 0.166. The number of rotatable bonds is 14. The molecule has 3 rings (SSSR count). The van der Waals surface area contributed by atoms with Gasteiger partial charge < -0.3 is 31.5 Å². The van der Waals surface area contributed by atoms with Gasteiger partial charge in [0.1, 0.15) is 0 Å². The Morgan fingerprint density at radius 1 is 0.567 bits per heavy atom. The van der Waals surface area contributed by atoms with Crippen molar-refractivity contribution >= 4 is 21.5 Å². The van der Waals surface area contributed by atoms with Gasteiger partial charge in [-0.15, -0.1) is 0 Å². The molecule has 6 nitrogen and oxygen atoms in total. The van der Waals surface area contributed by atoms with Gasteiger partial charge >= 0.3 is 0 Å². The maximum atomic E-state index is 8.89. The zero-order valence-corrected chi connectivity index (χ0v) is 17.6. The lowest BCUT2D eigenvalue weighted by Gasteiger charge is -2.16. The van der Waals surface area contributed by atoms with Crippen LogP contribution >= 0.6 is 0 Å². The van der Waals surface area contributed by atoms with Crippen LogP contribution in [0.25, 0.3) is 21.5 Å². The molecular weight excluding hydrogens is 376 g/mol. The van der Waals surface area contributed by atoms with Gasteiger partial charge in [-0.2, -0.15) is 0 Å². The third-order valence-electron chi connectivity index (χ3n) is 5.25. The Balaban J connectivity index is 1.75. The van der Waals surface area contributed by atoms with E-state index in [-0.39, 0.29) is 13.2 Å². The Labute approximate surface area is 178 Å². The molecule has 0 amide bonds. The fourth-order valence-electron chi connectivity index (χ4n) is 3.69. The molecule has 0 radical (unpaired) electrons. The molecule has 3 aromatic rings. The van der Waals surface area contributed by atoms with E-state index >= 15 is 0 Å². The van der Waals surface area contributed by atoms with Gasteiger partial charge in [-0.25, -0.2) is 0 Å². The Bertz CT molecular complexity index is 916. The lowest BCUT2D eigenvalue weighted by atomic mass is 9.95. The highest BCUT2D eigenvalue weighted by Crippen LogP contribution is 2.28. The van der Waals surface area contributed by atoms with Crippen LogP contribution < -0.4 is 21.3 Å². The van der Waals surface area contributed by atoms with Crippen LogP contribution in [0.3, 0.4) is 0 Å². The molecule has 0 bridgehead atoms. The molecule has 162 valence electrons. The molecule has 0 heterocycles. The highest BCUT2D eigenvalue weighted by Gasteiger charge is 2.09. The molecule has 0 unspecified atom stereocenters. The molecule has 0 aliphatic carbocycles. The summed E-state index contributed by atoms with van der Waals surface area (Å²) >= 11 is 0. The first-order valence-corrected chi connectivity index (χ1v) is 10.8. The number of fused-ring (bicyclic) bond motifs is 2. The van der Waals surface area contributed by atoms with Crippen molar-refractivity contribution in [3.05, 3.63) is 59.7 Å². The van der Waals surface area contributed by atoms with Crippen molar-refractivity contribution in [2.75, 3.05) is 52.5 Å². The molecule has 6 heteroatoms. The summed E-state index contributed by atoms with van der Waals surface area (Å²) in [5.74, 6) is 0. The van der Waals surface area contributed by atoms with Gasteiger partial charge in [0.15, 0.2) is 0 Å². The monoisotopic (exact) mass is 410 g/mol. The highest BCUT2D eigenvalue weighted by atomic mass is 16.3. The molecule has 6 N–H and O–H groups in total. The SMILES string of the molecule is OCCNCCNCc1ccc2cc3ccccc3cc2c1CNCCNCCO. The van der Waals surface area contributed by atoms with Gasteiger partial charge in [0.25, 0.3) is 0 Å². The van der Waals surface area contributed by atoms with Crippen molar-refractivity contribution < 1.29 is 10.2 Å². The van der Waals surface area contributed by atoms with Crippen molar-refractivity contribution in [1.29, 1.82) is 0 Å². The summed E-state index contributed by atoms with van der Waals surface area (Å²) in [6, 6.07) is 17.5. The minimum Gasteiger partial charge on any atom is -0.395 e. The summed E-state index contributed by atoms with van der Waals surface area (Å²) in [7, 11) is 0. The normalized spacial score (nSPS) is 11.5. The summed E-state index contributed by atoms with van der Waals surface area (Å²) in [5, 5.41) is 36.3. The summed E-state index contributed by atoms with van der Waals surface area (Å²) in [5.41, 5.74) is 2.63. The van der Waals surface area contributed by atoms with Gasteiger partial charge in [-0.05, 0) is 44.8 Å². The molecule has 0 saturated heterocycles. The van der Waals surface area contributed by atoms with E-state index in [0.717, 1.165) is 39.3 Å². The zero-order valence-electron chi connectivity index (χ0n) is 17.6. The van der Waals surface area contributed by atoms with Crippen molar-refractivity contribution in [3.63, 3.8) is 0 Å². The number of aliphatic hydroxyl groups is 2. The maximum Gasteiger partial charge on any atom is 0.0555 e. The quantitative estimate of drug-likeness (QED) is 0.178. The van der Waals surface area contributed by atoms with Gasteiger partial charge in [-0.3, -0.25) is 0 Å². The van der Waals surface area contributed by atoms with Crippen molar-refractivity contribution in [2.24, 2.45) is 0 Å². The topological polar surface area (TPSA) is 88.6 Å². The summed E-state index contributed by atoms with van der Waals surface area (Å²) in [4.78, 5) is 0. The summed E-state index contributed by atoms with van der Waals surface area (Å²) < 4.78 is 0. The van der Waals surface area contributed by atoms with E-state index in [1.54, 1.807) is 0 Å². The Hall–Kier alpha value is -2.06. The summed E-state index contributed by atoms with van der Waals surface area (Å²) in [6.45, 7) is 6.57. The number of benzene rings is 3. The van der Waals surface area contributed by atoms with Crippen LogP contribution in [0.15, 0.2) is 48.5 Å². The molecule has 0 aliphatic heterocycles. The lowest BCUT2D eigenvalue weighted by molar-refractivity contribution is 0.292. The second kappa shape index (κ2) is 12.6. The predicted molar refractivity (Wildman–Crippen MR) is 125 cm³/mol. The van der Waals surface area contributed by atoms with E-state index in [9.17, 15) is 0 Å². The van der Waals surface area contributed by atoms with Crippen LogP contribution in [-0.4, -0.2) is 62.7 Å². The van der Waals surface area contributed by atoms with Crippen LogP contribution in [0.5, 0.6) is 0 Å². The van der Waals surface area contributed by atoms with E-state index in [4.69, 9.17) is 10.2 Å². The van der Waals surface area contributed by atoms with E-state index in [1.165, 1.54) is 32.7 Å². The number of hydrogen-bond acceptors (Lipinski definition) is 6. The van der Waals surface area contributed by atoms with Crippen molar-refractivity contribution in [3.8, 4) is 0 Å². The van der Waals surface area contributed by atoms with Crippen molar-refractivity contribution in [2.45, 2.75) is 13.1 Å². The van der Waals surface area contributed by atoms with Gasteiger partial charge in [0, 0.05) is 52.4 Å². The standard InChI is InChI=1S/C24H34N4O2/c29-13-11-25-7-9-27-17-22-6-5-21-15-19-3-1-2-4-20(19)16-23(21)24(22)18-28-10-8-26-12-14-30/h1-6,15-16,25-30H,7-14,17-18H2. The highest BCUT2D eigenvalue weighted by molar-refractivity contribution is 6.00. The number of hydrogen-bond donors (Lipinski definition) is 6. The fourth-order valence-corrected chi connectivity index (χ4v) is 3.69. The predicted octanol–water partition coefficient (Wildman–Crippen LogP) is 1.34. The first kappa shape index (κ1) is 22.6. The summed E-state index contributed by atoms with van der Waals surface area (Å²) in [6.07, 6.45) is 0. The van der Waals surface area contributed by atoms with E-state index < -0.39 is 0 Å². The molecule has 3 aromatic carbocycles. The van der Waals surface area contributed by atoms with Gasteiger partial charge in [-0.1, -0.05) is 36.4 Å². The zero-order chi connectivity index (χ0) is 21.0. The molecular formula is C24H34N4O2. The lowest BCUT2D eigenvalue weighted by Crippen LogP contribution is -2.30. The van der Waals surface area contributed by atoms with Crippen LogP contribution in [-0.2, 0) is 13.1 Å². The first-order chi connectivity index (χ1) is 14.8. The maximum absolute atomic E-state index is 8.89. The van der Waals surface area contributed by atoms with Gasteiger partial charge in [0.2, 0.25) is 0 Å². The largest absolute Gasteiger partial charge is 0.395 e. The molecule has 0 saturated carbocycles. The third kappa shape index (κ3) is 6.47. The third-order valence-corrected chi connectivity index (χ3v) is 5.25. The van der Waals surface area contributed by atoms with E-state index in [2.05, 4.69) is 69.8 Å². The molecule has 0 spiro atoms. The van der Waals surface area contributed by atoms with Crippen LogP contribution in [0.2, 0.25) is 0 Å². The second-order valence-electron chi connectivity index (χ2n) is 7.42. The molecule has 0 fully saturated rings. The smallest absolute Gasteiger partial charge is 0.0555 e. The Morgan fingerprint density at radius 2 is 1.17 bits per heavy atom. The first-order valence-electron chi connectivity index (χ1n) is 10.8. The van der Waals surface area contributed by atoms with Crippen LogP contribution in [0.4, 0.5) is 0 Å². The number of nitrogens with one attached hydrogen (secondary N) is 4. The molecule has 0 atom stereocenters. The average Bonchev–Trinajstić information content (AvgIpc) is 2.77. The van der Waals surface area contributed by atoms with Crippen molar-refractivity contribution in [1.82, 2.24) is 21.3 Å². The second-order valence-corrected chi connectivity index (χ2v) is 7.42. The molecule has 0 aromatic heterocycles. The number of aliphatic hydroxyl groups excluding tert-OH is 2. The van der Waals surface area contributed by atoms with Crippen LogP contribution in [0.1, 0.15) is 11.1 Å². The average molecular weight is 411 g/mol. The Morgan fingerprint density at radius 3 is 1.83 bits per heavy atom. The van der Waals surface area contributed by atoms with E-state index in [1.807, 2.05) is 0 Å². The minimum absolute atomic E-state index is 0.166. The molecule has 0 aliphatic rings. The van der Waals surface area contributed by atoms with Gasteiger partial charge in [0.05, 0.1) is 13.2 Å². The molecule has 30 heavy (non-hydrogen) atoms.